The largest absolute Gasteiger partial charge is 0.493 e. The van der Waals surface area contributed by atoms with Gasteiger partial charge in [0.1, 0.15) is 0 Å². The third kappa shape index (κ3) is 2.86. The zero-order valence-corrected chi connectivity index (χ0v) is 11.6. The second-order valence-electron chi connectivity index (χ2n) is 4.25. The minimum atomic E-state index is -1.14. The Kier molecular flexibility index (Phi) is 4.23. The van der Waals surface area contributed by atoms with Gasteiger partial charge in [0.15, 0.2) is 17.3 Å². The molecule has 0 spiro atoms. The van der Waals surface area contributed by atoms with E-state index in [2.05, 4.69) is 0 Å². The molecule has 1 N–H and O–H groups in total. The molecule has 0 heterocycles. The summed E-state index contributed by atoms with van der Waals surface area (Å²) in [5.74, 6) is -0.606. The van der Waals surface area contributed by atoms with E-state index in [1.54, 1.807) is 24.3 Å². The molecule has 0 unspecified atom stereocenters. The standard InChI is InChI=1S/C16H14O5/c1-20-13-8-7-10(9-14(13)21-2)15(17)11-5-3-4-6-12(11)16(18)19/h3-9H,1-2H3,(H,18,19). The Morgan fingerprint density at radius 2 is 1.52 bits per heavy atom. The summed E-state index contributed by atoms with van der Waals surface area (Å²) in [6.45, 7) is 0. The highest BCUT2D eigenvalue weighted by atomic mass is 16.5. The van der Waals surface area contributed by atoms with Crippen LogP contribution in [0.1, 0.15) is 26.3 Å². The van der Waals surface area contributed by atoms with E-state index < -0.39 is 5.97 Å². The summed E-state index contributed by atoms with van der Waals surface area (Å²) >= 11 is 0. The first kappa shape index (κ1) is 14.6. The predicted molar refractivity (Wildman–Crippen MR) is 76.4 cm³/mol. The first-order valence-corrected chi connectivity index (χ1v) is 6.17. The number of ether oxygens (including phenoxy) is 2. The highest BCUT2D eigenvalue weighted by Gasteiger charge is 2.18. The number of benzene rings is 2. The van der Waals surface area contributed by atoms with Gasteiger partial charge in [0.05, 0.1) is 19.8 Å². The van der Waals surface area contributed by atoms with Crippen molar-refractivity contribution in [2.24, 2.45) is 0 Å². The number of ketones is 1. The van der Waals surface area contributed by atoms with Crippen LogP contribution in [-0.2, 0) is 0 Å². The second kappa shape index (κ2) is 6.09. The van der Waals surface area contributed by atoms with E-state index in [4.69, 9.17) is 14.6 Å². The number of carbonyl (C=O) groups is 2. The Hall–Kier alpha value is -2.82. The van der Waals surface area contributed by atoms with E-state index in [0.29, 0.717) is 17.1 Å². The van der Waals surface area contributed by atoms with Gasteiger partial charge in [0.2, 0.25) is 0 Å². The maximum absolute atomic E-state index is 12.5. The third-order valence-corrected chi connectivity index (χ3v) is 3.05. The first-order chi connectivity index (χ1) is 10.1. The van der Waals surface area contributed by atoms with Crippen molar-refractivity contribution in [2.45, 2.75) is 0 Å². The Morgan fingerprint density at radius 1 is 0.905 bits per heavy atom. The van der Waals surface area contributed by atoms with Crippen LogP contribution in [0.2, 0.25) is 0 Å². The fourth-order valence-electron chi connectivity index (χ4n) is 2.00. The van der Waals surface area contributed by atoms with Crippen molar-refractivity contribution in [1.29, 1.82) is 0 Å². The van der Waals surface area contributed by atoms with E-state index >= 15 is 0 Å². The fraction of sp³-hybridized carbons (Fsp3) is 0.125. The van der Waals surface area contributed by atoms with E-state index in [9.17, 15) is 9.59 Å². The molecular weight excluding hydrogens is 272 g/mol. The average molecular weight is 286 g/mol. The van der Waals surface area contributed by atoms with Gasteiger partial charge in [-0.05, 0) is 24.3 Å². The summed E-state index contributed by atoms with van der Waals surface area (Å²) in [6.07, 6.45) is 0. The summed E-state index contributed by atoms with van der Waals surface area (Å²) in [7, 11) is 2.97. The van der Waals surface area contributed by atoms with Crippen LogP contribution in [0, 0.1) is 0 Å². The highest BCUT2D eigenvalue weighted by Crippen LogP contribution is 2.28. The molecule has 0 bridgehead atoms. The summed E-state index contributed by atoms with van der Waals surface area (Å²) < 4.78 is 10.3. The van der Waals surface area contributed by atoms with Crippen molar-refractivity contribution in [3.8, 4) is 11.5 Å². The monoisotopic (exact) mass is 286 g/mol. The lowest BCUT2D eigenvalue weighted by molar-refractivity contribution is 0.0693. The van der Waals surface area contributed by atoms with E-state index in [1.807, 2.05) is 0 Å². The number of hydrogen-bond donors (Lipinski definition) is 1. The molecule has 2 rings (SSSR count). The molecule has 0 amide bonds. The Bertz CT molecular complexity index is 691. The minimum absolute atomic E-state index is 0.0303. The number of aromatic carboxylic acids is 1. The molecule has 0 aromatic heterocycles. The average Bonchev–Trinajstić information content (AvgIpc) is 2.53. The van der Waals surface area contributed by atoms with Gasteiger partial charge < -0.3 is 14.6 Å². The van der Waals surface area contributed by atoms with Gasteiger partial charge in [0, 0.05) is 11.1 Å². The number of carboxylic acids is 1. The molecule has 0 aliphatic heterocycles. The minimum Gasteiger partial charge on any atom is -0.493 e. The van der Waals surface area contributed by atoms with E-state index in [0.717, 1.165) is 0 Å². The Morgan fingerprint density at radius 3 is 2.10 bits per heavy atom. The van der Waals surface area contributed by atoms with Gasteiger partial charge in [-0.15, -0.1) is 0 Å². The lowest BCUT2D eigenvalue weighted by Gasteiger charge is -2.10. The smallest absolute Gasteiger partial charge is 0.336 e. The molecule has 5 heteroatoms. The molecule has 0 radical (unpaired) electrons. The molecule has 108 valence electrons. The van der Waals surface area contributed by atoms with Crippen LogP contribution in [0.15, 0.2) is 42.5 Å². The molecule has 0 saturated heterocycles. The molecule has 0 saturated carbocycles. The van der Waals surface area contributed by atoms with Crippen molar-refractivity contribution >= 4 is 11.8 Å². The Balaban J connectivity index is 2.48. The van der Waals surface area contributed by atoms with Crippen molar-refractivity contribution < 1.29 is 24.2 Å². The van der Waals surface area contributed by atoms with Crippen LogP contribution in [0.25, 0.3) is 0 Å². The summed E-state index contributed by atoms with van der Waals surface area (Å²) in [6, 6.07) is 10.8. The molecule has 0 aliphatic carbocycles. The van der Waals surface area contributed by atoms with E-state index in [1.165, 1.54) is 32.4 Å². The molecular formula is C16H14O5. The quantitative estimate of drug-likeness (QED) is 0.855. The van der Waals surface area contributed by atoms with E-state index in [-0.39, 0.29) is 16.9 Å². The SMILES string of the molecule is COc1ccc(C(=O)c2ccccc2C(=O)O)cc1OC. The number of carboxylic acid groups (broad SMARTS) is 1. The number of methoxy groups -OCH3 is 2. The van der Waals surface area contributed by atoms with Crippen LogP contribution >= 0.6 is 0 Å². The second-order valence-corrected chi connectivity index (χ2v) is 4.25. The van der Waals surface area contributed by atoms with Crippen molar-refractivity contribution in [1.82, 2.24) is 0 Å². The van der Waals surface area contributed by atoms with Gasteiger partial charge in [-0.1, -0.05) is 18.2 Å². The summed E-state index contributed by atoms with van der Waals surface area (Å²) in [4.78, 5) is 23.7. The molecule has 2 aromatic rings. The molecule has 0 aliphatic rings. The fourth-order valence-corrected chi connectivity index (χ4v) is 2.00. The van der Waals surface area contributed by atoms with Crippen LogP contribution in [0.4, 0.5) is 0 Å². The van der Waals surface area contributed by atoms with Crippen molar-refractivity contribution in [3.05, 3.63) is 59.2 Å². The van der Waals surface area contributed by atoms with Crippen LogP contribution in [-0.4, -0.2) is 31.1 Å². The van der Waals surface area contributed by atoms with Crippen LogP contribution < -0.4 is 9.47 Å². The van der Waals surface area contributed by atoms with Gasteiger partial charge in [-0.2, -0.15) is 0 Å². The molecule has 5 nitrogen and oxygen atoms in total. The lowest BCUT2D eigenvalue weighted by Crippen LogP contribution is -2.09. The van der Waals surface area contributed by atoms with Crippen LogP contribution in [0.3, 0.4) is 0 Å². The molecule has 0 fully saturated rings. The number of carbonyl (C=O) groups excluding carboxylic acids is 1. The summed E-state index contributed by atoms with van der Waals surface area (Å²) in [5, 5.41) is 9.15. The maximum atomic E-state index is 12.5. The van der Waals surface area contributed by atoms with Gasteiger partial charge >= 0.3 is 5.97 Å². The van der Waals surface area contributed by atoms with Gasteiger partial charge in [-0.25, -0.2) is 4.79 Å². The van der Waals surface area contributed by atoms with Crippen LogP contribution in [0.5, 0.6) is 11.5 Å². The predicted octanol–water partition coefficient (Wildman–Crippen LogP) is 2.63. The molecule has 2 aromatic carbocycles. The number of rotatable bonds is 5. The normalized spacial score (nSPS) is 10.0. The third-order valence-electron chi connectivity index (χ3n) is 3.05. The molecule has 0 atom stereocenters. The van der Waals surface area contributed by atoms with Crippen molar-refractivity contribution in [2.75, 3.05) is 14.2 Å². The maximum Gasteiger partial charge on any atom is 0.336 e. The highest BCUT2D eigenvalue weighted by molar-refractivity contribution is 6.14. The topological polar surface area (TPSA) is 72.8 Å². The molecule has 21 heavy (non-hydrogen) atoms. The van der Waals surface area contributed by atoms with Crippen molar-refractivity contribution in [3.63, 3.8) is 0 Å². The summed E-state index contributed by atoms with van der Waals surface area (Å²) in [5.41, 5.74) is 0.441. The zero-order valence-electron chi connectivity index (χ0n) is 11.6. The lowest BCUT2D eigenvalue weighted by atomic mass is 9.98. The van der Waals surface area contributed by atoms with Gasteiger partial charge in [-0.3, -0.25) is 4.79 Å². The first-order valence-electron chi connectivity index (χ1n) is 6.17. The zero-order chi connectivity index (χ0) is 15.4. The van der Waals surface area contributed by atoms with Gasteiger partial charge in [0.25, 0.3) is 0 Å². The number of hydrogen-bond acceptors (Lipinski definition) is 4. The Labute approximate surface area is 121 Å².